The fourth-order valence-corrected chi connectivity index (χ4v) is 3.33. The van der Waals surface area contributed by atoms with Gasteiger partial charge in [-0.1, -0.05) is 12.8 Å². The Bertz CT molecular complexity index is 393. The van der Waals surface area contributed by atoms with Gasteiger partial charge in [0.05, 0.1) is 0 Å². The van der Waals surface area contributed by atoms with Crippen LogP contribution in [-0.4, -0.2) is 29.6 Å². The molecule has 2 atom stereocenters. The van der Waals surface area contributed by atoms with E-state index in [4.69, 9.17) is 0 Å². The summed E-state index contributed by atoms with van der Waals surface area (Å²) in [6.07, 6.45) is 8.54. The third-order valence-corrected chi connectivity index (χ3v) is 4.21. The zero-order chi connectivity index (χ0) is 11.7. The summed E-state index contributed by atoms with van der Waals surface area (Å²) in [5, 5.41) is 3.09. The number of nitrogens with one attached hydrogen (secondary N) is 1. The quantitative estimate of drug-likeness (QED) is 0.849. The van der Waals surface area contributed by atoms with Gasteiger partial charge >= 0.3 is 0 Å². The number of hydrogen-bond acceptors (Lipinski definition) is 4. The molecule has 1 aromatic heterocycles. The second-order valence-corrected chi connectivity index (χ2v) is 5.11. The lowest BCUT2D eigenvalue weighted by Crippen LogP contribution is -2.35. The lowest BCUT2D eigenvalue weighted by atomic mass is 9.85. The van der Waals surface area contributed by atoms with Gasteiger partial charge in [0.2, 0.25) is 0 Å². The van der Waals surface area contributed by atoms with Crippen LogP contribution in [0.3, 0.4) is 0 Å². The van der Waals surface area contributed by atoms with Gasteiger partial charge in [-0.3, -0.25) is 0 Å². The minimum Gasteiger partial charge on any atom is -0.373 e. The zero-order valence-corrected chi connectivity index (χ0v) is 10.4. The van der Waals surface area contributed by atoms with Crippen LogP contribution < -0.4 is 10.2 Å². The summed E-state index contributed by atoms with van der Waals surface area (Å²) in [5.41, 5.74) is 0. The first-order valence-electron chi connectivity index (χ1n) is 6.65. The number of aromatic nitrogens is 2. The van der Waals surface area contributed by atoms with E-state index in [1.807, 2.05) is 7.05 Å². The molecule has 0 radical (unpaired) electrons. The molecule has 2 fully saturated rings. The lowest BCUT2D eigenvalue weighted by molar-refractivity contribution is 0.341. The molecule has 0 spiro atoms. The summed E-state index contributed by atoms with van der Waals surface area (Å²) in [7, 11) is 1.90. The third-order valence-electron chi connectivity index (χ3n) is 4.21. The summed E-state index contributed by atoms with van der Waals surface area (Å²) in [4.78, 5) is 11.1. The van der Waals surface area contributed by atoms with Crippen molar-refractivity contribution >= 4 is 11.6 Å². The first-order chi connectivity index (χ1) is 8.38. The van der Waals surface area contributed by atoms with Crippen LogP contribution >= 0.6 is 0 Å². The molecule has 17 heavy (non-hydrogen) atoms. The molecule has 1 aromatic rings. The average Bonchev–Trinajstić information content (AvgIpc) is 2.82. The van der Waals surface area contributed by atoms with Crippen molar-refractivity contribution in [2.75, 3.05) is 23.8 Å². The lowest BCUT2D eigenvalue weighted by Gasteiger charge is -2.32. The maximum absolute atomic E-state index is 4.44. The maximum Gasteiger partial charge on any atom is 0.134 e. The highest BCUT2D eigenvalue weighted by molar-refractivity contribution is 5.49. The first kappa shape index (κ1) is 10.8. The Morgan fingerprint density at radius 1 is 1.24 bits per heavy atom. The summed E-state index contributed by atoms with van der Waals surface area (Å²) in [6.45, 7) is 1.16. The van der Waals surface area contributed by atoms with Gasteiger partial charge in [0.25, 0.3) is 0 Å². The van der Waals surface area contributed by atoms with E-state index in [9.17, 15) is 0 Å². The number of rotatable bonds is 2. The van der Waals surface area contributed by atoms with E-state index in [-0.39, 0.29) is 0 Å². The Morgan fingerprint density at radius 3 is 3.00 bits per heavy atom. The number of nitrogens with zero attached hydrogens (tertiary/aromatic N) is 3. The molecule has 1 saturated heterocycles. The zero-order valence-electron chi connectivity index (χ0n) is 10.4. The van der Waals surface area contributed by atoms with E-state index in [1.54, 1.807) is 6.33 Å². The highest BCUT2D eigenvalue weighted by Crippen LogP contribution is 2.38. The Kier molecular flexibility index (Phi) is 2.87. The van der Waals surface area contributed by atoms with Crippen molar-refractivity contribution in [3.05, 3.63) is 12.4 Å². The van der Waals surface area contributed by atoms with Crippen molar-refractivity contribution in [3.8, 4) is 0 Å². The molecule has 2 aliphatic rings. The maximum atomic E-state index is 4.44. The van der Waals surface area contributed by atoms with Crippen molar-refractivity contribution in [1.29, 1.82) is 0 Å². The second kappa shape index (κ2) is 4.51. The summed E-state index contributed by atoms with van der Waals surface area (Å²) in [6, 6.07) is 2.79. The van der Waals surface area contributed by atoms with E-state index in [1.165, 1.54) is 32.1 Å². The number of anilines is 2. The SMILES string of the molecule is CNc1cc(N2CCC3CCCCC32)ncn1. The number of fused-ring (bicyclic) bond motifs is 1. The Balaban J connectivity index is 1.83. The van der Waals surface area contributed by atoms with Gasteiger partial charge in [-0.25, -0.2) is 9.97 Å². The monoisotopic (exact) mass is 232 g/mol. The molecule has 1 N–H and O–H groups in total. The van der Waals surface area contributed by atoms with Gasteiger partial charge in [-0.2, -0.15) is 0 Å². The second-order valence-electron chi connectivity index (χ2n) is 5.11. The molecule has 1 aliphatic heterocycles. The van der Waals surface area contributed by atoms with Gasteiger partial charge in [0.15, 0.2) is 0 Å². The minimum atomic E-state index is 0.725. The topological polar surface area (TPSA) is 41.0 Å². The smallest absolute Gasteiger partial charge is 0.134 e. The van der Waals surface area contributed by atoms with Crippen molar-refractivity contribution < 1.29 is 0 Å². The minimum absolute atomic E-state index is 0.725. The fraction of sp³-hybridized carbons (Fsp3) is 0.692. The van der Waals surface area contributed by atoms with Crippen LogP contribution in [0.5, 0.6) is 0 Å². The highest BCUT2D eigenvalue weighted by atomic mass is 15.2. The van der Waals surface area contributed by atoms with Gasteiger partial charge < -0.3 is 10.2 Å². The molecule has 2 unspecified atom stereocenters. The van der Waals surface area contributed by atoms with Gasteiger partial charge in [-0.15, -0.1) is 0 Å². The summed E-state index contributed by atoms with van der Waals surface area (Å²) >= 11 is 0. The predicted octanol–water partition coefficient (Wildman–Crippen LogP) is 2.29. The molecule has 1 aliphatic carbocycles. The van der Waals surface area contributed by atoms with Crippen LogP contribution in [0, 0.1) is 5.92 Å². The van der Waals surface area contributed by atoms with E-state index in [2.05, 4.69) is 26.3 Å². The molecule has 0 bridgehead atoms. The van der Waals surface area contributed by atoms with Crippen LogP contribution in [0.1, 0.15) is 32.1 Å². The van der Waals surface area contributed by atoms with Crippen molar-refractivity contribution in [1.82, 2.24) is 9.97 Å². The van der Waals surface area contributed by atoms with Crippen LogP contribution in [0.4, 0.5) is 11.6 Å². The van der Waals surface area contributed by atoms with Crippen LogP contribution in [0.25, 0.3) is 0 Å². The fourth-order valence-electron chi connectivity index (χ4n) is 3.33. The van der Waals surface area contributed by atoms with Crippen LogP contribution in [0.15, 0.2) is 12.4 Å². The first-order valence-corrected chi connectivity index (χ1v) is 6.65. The number of hydrogen-bond donors (Lipinski definition) is 1. The molecule has 4 heteroatoms. The van der Waals surface area contributed by atoms with E-state index < -0.39 is 0 Å². The van der Waals surface area contributed by atoms with Gasteiger partial charge in [0, 0.05) is 25.7 Å². The Morgan fingerprint density at radius 2 is 2.12 bits per heavy atom. The molecule has 2 heterocycles. The molecular formula is C13H20N4. The molecule has 0 amide bonds. The Labute approximate surface area is 102 Å². The molecule has 3 rings (SSSR count). The molecule has 1 saturated carbocycles. The third kappa shape index (κ3) is 1.96. The van der Waals surface area contributed by atoms with Crippen molar-refractivity contribution in [3.63, 3.8) is 0 Å². The van der Waals surface area contributed by atoms with Crippen molar-refractivity contribution in [2.45, 2.75) is 38.1 Å². The van der Waals surface area contributed by atoms with E-state index >= 15 is 0 Å². The average molecular weight is 232 g/mol. The van der Waals surface area contributed by atoms with E-state index in [0.717, 1.165) is 30.1 Å². The van der Waals surface area contributed by atoms with Crippen LogP contribution in [-0.2, 0) is 0 Å². The van der Waals surface area contributed by atoms with Gasteiger partial charge in [0.1, 0.15) is 18.0 Å². The molecule has 0 aromatic carbocycles. The van der Waals surface area contributed by atoms with Crippen LogP contribution in [0.2, 0.25) is 0 Å². The summed E-state index contributed by atoms with van der Waals surface area (Å²) in [5.74, 6) is 2.91. The molecule has 4 nitrogen and oxygen atoms in total. The molecular weight excluding hydrogens is 212 g/mol. The van der Waals surface area contributed by atoms with E-state index in [0.29, 0.717) is 0 Å². The highest BCUT2D eigenvalue weighted by Gasteiger charge is 2.36. The largest absolute Gasteiger partial charge is 0.373 e. The predicted molar refractivity (Wildman–Crippen MR) is 69.3 cm³/mol. The Hall–Kier alpha value is -1.32. The molecule has 92 valence electrons. The van der Waals surface area contributed by atoms with Crippen molar-refractivity contribution in [2.24, 2.45) is 5.92 Å². The standard InChI is InChI=1S/C13H20N4/c1-14-12-8-13(16-9-15-12)17-7-6-10-4-2-3-5-11(10)17/h8-11H,2-7H2,1H3,(H,14,15,16). The normalized spacial score (nSPS) is 27.9. The van der Waals surface area contributed by atoms with Gasteiger partial charge in [-0.05, 0) is 25.2 Å². The summed E-state index contributed by atoms with van der Waals surface area (Å²) < 4.78 is 0.